The summed E-state index contributed by atoms with van der Waals surface area (Å²) in [4.78, 5) is 4.49. The quantitative estimate of drug-likeness (QED) is 0.851. The molecule has 0 amide bonds. The third kappa shape index (κ3) is 2.55. The highest BCUT2D eigenvalue weighted by atomic mass is 16.5. The standard InChI is InChI=1S/C12H21N3O/c1-9(2)15-8-10(3)14-12(15)13-7-11-5-4-6-16-11/h8-9,11H,4-7H2,1-3H3,(H,13,14). The highest BCUT2D eigenvalue weighted by Gasteiger charge is 2.16. The Hall–Kier alpha value is -1.03. The summed E-state index contributed by atoms with van der Waals surface area (Å²) in [5.41, 5.74) is 1.06. The summed E-state index contributed by atoms with van der Waals surface area (Å²) in [6.45, 7) is 8.13. The topological polar surface area (TPSA) is 39.1 Å². The largest absolute Gasteiger partial charge is 0.376 e. The van der Waals surface area contributed by atoms with E-state index in [2.05, 4.69) is 34.9 Å². The molecule has 1 aliphatic rings. The lowest BCUT2D eigenvalue weighted by Crippen LogP contribution is -2.20. The smallest absolute Gasteiger partial charge is 0.203 e. The average molecular weight is 223 g/mol. The lowest BCUT2D eigenvalue weighted by Gasteiger charge is -2.15. The van der Waals surface area contributed by atoms with E-state index in [1.807, 2.05) is 6.92 Å². The molecule has 1 N–H and O–H groups in total. The van der Waals surface area contributed by atoms with E-state index in [0.29, 0.717) is 12.1 Å². The molecule has 1 saturated heterocycles. The number of hydrogen-bond donors (Lipinski definition) is 1. The zero-order chi connectivity index (χ0) is 11.5. The van der Waals surface area contributed by atoms with E-state index < -0.39 is 0 Å². The Labute approximate surface area is 97.0 Å². The van der Waals surface area contributed by atoms with E-state index in [1.54, 1.807) is 0 Å². The highest BCUT2D eigenvalue weighted by molar-refractivity contribution is 5.29. The van der Waals surface area contributed by atoms with Crippen molar-refractivity contribution in [3.63, 3.8) is 0 Å². The maximum Gasteiger partial charge on any atom is 0.203 e. The number of anilines is 1. The molecule has 0 aliphatic carbocycles. The molecule has 1 fully saturated rings. The van der Waals surface area contributed by atoms with Crippen LogP contribution < -0.4 is 5.32 Å². The van der Waals surface area contributed by atoms with E-state index in [0.717, 1.165) is 31.2 Å². The summed E-state index contributed by atoms with van der Waals surface area (Å²) < 4.78 is 7.75. The molecule has 1 unspecified atom stereocenters. The Morgan fingerprint density at radius 1 is 1.62 bits per heavy atom. The maximum atomic E-state index is 5.58. The molecule has 0 bridgehead atoms. The SMILES string of the molecule is Cc1cn(C(C)C)c(NCC2CCCO2)n1. The fourth-order valence-electron chi connectivity index (χ4n) is 2.05. The van der Waals surface area contributed by atoms with Gasteiger partial charge in [0.25, 0.3) is 0 Å². The maximum absolute atomic E-state index is 5.58. The van der Waals surface area contributed by atoms with Gasteiger partial charge in [-0.05, 0) is 33.6 Å². The molecule has 0 spiro atoms. The van der Waals surface area contributed by atoms with Crippen LogP contribution in [0, 0.1) is 6.92 Å². The second-order valence-electron chi connectivity index (χ2n) is 4.72. The lowest BCUT2D eigenvalue weighted by atomic mass is 10.2. The summed E-state index contributed by atoms with van der Waals surface area (Å²) in [5.74, 6) is 0.961. The van der Waals surface area contributed by atoms with Crippen molar-refractivity contribution in [3.8, 4) is 0 Å². The first-order valence-electron chi connectivity index (χ1n) is 6.08. The molecule has 4 heteroatoms. The number of ether oxygens (including phenoxy) is 1. The van der Waals surface area contributed by atoms with Gasteiger partial charge in [0.05, 0.1) is 11.8 Å². The molecule has 16 heavy (non-hydrogen) atoms. The molecule has 2 heterocycles. The van der Waals surface area contributed by atoms with Crippen molar-refractivity contribution in [1.82, 2.24) is 9.55 Å². The fraction of sp³-hybridized carbons (Fsp3) is 0.750. The second kappa shape index (κ2) is 4.87. The van der Waals surface area contributed by atoms with Crippen LogP contribution in [-0.4, -0.2) is 28.8 Å². The van der Waals surface area contributed by atoms with Crippen molar-refractivity contribution in [2.24, 2.45) is 0 Å². The van der Waals surface area contributed by atoms with Gasteiger partial charge in [-0.3, -0.25) is 0 Å². The molecule has 0 aromatic carbocycles. The monoisotopic (exact) mass is 223 g/mol. The van der Waals surface area contributed by atoms with E-state index >= 15 is 0 Å². The Bertz CT molecular complexity index is 340. The van der Waals surface area contributed by atoms with E-state index in [9.17, 15) is 0 Å². The van der Waals surface area contributed by atoms with Gasteiger partial charge in [-0.1, -0.05) is 0 Å². The Kier molecular flexibility index (Phi) is 3.49. The third-order valence-corrected chi connectivity index (χ3v) is 2.92. The van der Waals surface area contributed by atoms with Crippen molar-refractivity contribution >= 4 is 5.95 Å². The van der Waals surface area contributed by atoms with Crippen LogP contribution >= 0.6 is 0 Å². The van der Waals surface area contributed by atoms with Crippen molar-refractivity contribution in [2.45, 2.75) is 45.8 Å². The first-order valence-corrected chi connectivity index (χ1v) is 6.08. The molecule has 1 aromatic heterocycles. The summed E-state index contributed by atoms with van der Waals surface area (Å²) >= 11 is 0. The summed E-state index contributed by atoms with van der Waals surface area (Å²) in [6.07, 6.45) is 4.79. The van der Waals surface area contributed by atoms with Crippen molar-refractivity contribution in [1.29, 1.82) is 0 Å². The zero-order valence-electron chi connectivity index (χ0n) is 10.4. The average Bonchev–Trinajstić information content (AvgIpc) is 2.83. The number of aryl methyl sites for hydroxylation is 1. The van der Waals surface area contributed by atoms with E-state index in [4.69, 9.17) is 4.74 Å². The minimum Gasteiger partial charge on any atom is -0.376 e. The number of hydrogen-bond acceptors (Lipinski definition) is 3. The van der Waals surface area contributed by atoms with E-state index in [-0.39, 0.29) is 0 Å². The molecule has 90 valence electrons. The number of nitrogens with zero attached hydrogens (tertiary/aromatic N) is 2. The van der Waals surface area contributed by atoms with Gasteiger partial charge in [0.1, 0.15) is 0 Å². The summed E-state index contributed by atoms with van der Waals surface area (Å²) in [6, 6.07) is 0.438. The number of imidazole rings is 1. The molecule has 0 radical (unpaired) electrons. The predicted molar refractivity (Wildman–Crippen MR) is 64.8 cm³/mol. The number of aromatic nitrogens is 2. The first-order chi connectivity index (χ1) is 7.66. The lowest BCUT2D eigenvalue weighted by molar-refractivity contribution is 0.120. The van der Waals surface area contributed by atoms with Crippen LogP contribution in [0.4, 0.5) is 5.95 Å². The Balaban J connectivity index is 1.97. The molecular weight excluding hydrogens is 202 g/mol. The van der Waals surface area contributed by atoms with Crippen LogP contribution in [0.1, 0.15) is 38.4 Å². The first kappa shape index (κ1) is 11.5. The van der Waals surface area contributed by atoms with Gasteiger partial charge in [0.15, 0.2) is 0 Å². The van der Waals surface area contributed by atoms with Gasteiger partial charge in [-0.2, -0.15) is 0 Å². The molecule has 4 nitrogen and oxygen atoms in total. The molecule has 1 atom stereocenters. The van der Waals surface area contributed by atoms with Gasteiger partial charge < -0.3 is 14.6 Å². The molecular formula is C12H21N3O. The van der Waals surface area contributed by atoms with Crippen LogP contribution in [0.2, 0.25) is 0 Å². The van der Waals surface area contributed by atoms with Gasteiger partial charge in [0.2, 0.25) is 5.95 Å². The number of rotatable bonds is 4. The summed E-state index contributed by atoms with van der Waals surface area (Å²) in [7, 11) is 0. The van der Waals surface area contributed by atoms with Crippen molar-refractivity contribution < 1.29 is 4.74 Å². The molecule has 2 rings (SSSR count). The Morgan fingerprint density at radius 2 is 2.44 bits per heavy atom. The van der Waals surface area contributed by atoms with Crippen LogP contribution in [-0.2, 0) is 4.74 Å². The molecule has 1 aromatic rings. The van der Waals surface area contributed by atoms with Gasteiger partial charge >= 0.3 is 0 Å². The normalized spacial score (nSPS) is 20.6. The Morgan fingerprint density at radius 3 is 3.06 bits per heavy atom. The number of nitrogens with one attached hydrogen (secondary N) is 1. The third-order valence-electron chi connectivity index (χ3n) is 2.92. The molecule has 0 saturated carbocycles. The van der Waals surface area contributed by atoms with Gasteiger partial charge in [-0.25, -0.2) is 4.98 Å². The van der Waals surface area contributed by atoms with Crippen LogP contribution in [0.25, 0.3) is 0 Å². The van der Waals surface area contributed by atoms with Gasteiger partial charge in [-0.15, -0.1) is 0 Å². The second-order valence-corrected chi connectivity index (χ2v) is 4.72. The van der Waals surface area contributed by atoms with Crippen LogP contribution in [0.15, 0.2) is 6.20 Å². The van der Waals surface area contributed by atoms with Crippen LogP contribution in [0.5, 0.6) is 0 Å². The molecule has 1 aliphatic heterocycles. The summed E-state index contributed by atoms with van der Waals surface area (Å²) in [5, 5.41) is 3.38. The zero-order valence-corrected chi connectivity index (χ0v) is 10.4. The minimum atomic E-state index is 0.359. The fourth-order valence-corrected chi connectivity index (χ4v) is 2.05. The predicted octanol–water partition coefficient (Wildman–Crippen LogP) is 2.36. The minimum absolute atomic E-state index is 0.359. The van der Waals surface area contributed by atoms with Gasteiger partial charge in [0, 0.05) is 25.4 Å². The van der Waals surface area contributed by atoms with Crippen molar-refractivity contribution in [2.75, 3.05) is 18.5 Å². The highest BCUT2D eigenvalue weighted by Crippen LogP contribution is 2.17. The van der Waals surface area contributed by atoms with E-state index in [1.165, 1.54) is 6.42 Å². The van der Waals surface area contributed by atoms with Crippen LogP contribution in [0.3, 0.4) is 0 Å². The van der Waals surface area contributed by atoms with Crippen molar-refractivity contribution in [3.05, 3.63) is 11.9 Å².